The molecule has 1 aliphatic rings. The van der Waals surface area contributed by atoms with Crippen molar-refractivity contribution in [3.8, 4) is 0 Å². The first-order valence-electron chi connectivity index (χ1n) is 8.07. The van der Waals surface area contributed by atoms with Crippen molar-refractivity contribution in [2.24, 2.45) is 5.92 Å². The number of esters is 1. The molecule has 1 atom stereocenters. The Hall–Kier alpha value is -1.35. The van der Waals surface area contributed by atoms with Crippen molar-refractivity contribution in [1.82, 2.24) is 5.32 Å². The minimum absolute atomic E-state index is 0.178. The van der Waals surface area contributed by atoms with Crippen molar-refractivity contribution in [3.05, 3.63) is 35.4 Å². The average Bonchev–Trinajstić information content (AvgIpc) is 2.54. The number of hydrogen-bond donors (Lipinski definition) is 1. The number of benzene rings is 1. The number of rotatable bonds is 6. The standard InChI is InChI=1S/C18H27NO2/c1-14(15-8-4-3-5-9-15)19-13-17-11-7-6-10-16(17)12-18(20)21-2/h6-7,10-11,14-15,19H,3-5,8-9,12-13H2,1-2H3. The molecule has 0 heterocycles. The number of methoxy groups -OCH3 is 1. The zero-order chi connectivity index (χ0) is 15.1. The Kier molecular flexibility index (Phi) is 6.24. The van der Waals surface area contributed by atoms with E-state index in [1.54, 1.807) is 0 Å². The number of carbonyl (C=O) groups is 1. The molecule has 21 heavy (non-hydrogen) atoms. The molecule has 1 aromatic carbocycles. The molecule has 1 aromatic rings. The van der Waals surface area contributed by atoms with Gasteiger partial charge in [-0.3, -0.25) is 4.79 Å². The maximum atomic E-state index is 11.5. The fraction of sp³-hybridized carbons (Fsp3) is 0.611. The van der Waals surface area contributed by atoms with E-state index in [1.165, 1.54) is 44.8 Å². The van der Waals surface area contributed by atoms with Gasteiger partial charge in [-0.1, -0.05) is 43.5 Å². The fourth-order valence-corrected chi connectivity index (χ4v) is 3.20. The summed E-state index contributed by atoms with van der Waals surface area (Å²) in [7, 11) is 1.44. The van der Waals surface area contributed by atoms with Gasteiger partial charge >= 0.3 is 5.97 Å². The van der Waals surface area contributed by atoms with Gasteiger partial charge in [-0.25, -0.2) is 0 Å². The molecule has 116 valence electrons. The van der Waals surface area contributed by atoms with Crippen LogP contribution < -0.4 is 5.32 Å². The van der Waals surface area contributed by atoms with Crippen molar-refractivity contribution in [1.29, 1.82) is 0 Å². The van der Waals surface area contributed by atoms with E-state index >= 15 is 0 Å². The van der Waals surface area contributed by atoms with Gasteiger partial charge in [-0.15, -0.1) is 0 Å². The maximum absolute atomic E-state index is 11.5. The molecule has 2 rings (SSSR count). The van der Waals surface area contributed by atoms with Crippen molar-refractivity contribution in [3.63, 3.8) is 0 Å². The molecule has 1 unspecified atom stereocenters. The quantitative estimate of drug-likeness (QED) is 0.815. The van der Waals surface area contributed by atoms with E-state index in [1.807, 2.05) is 18.2 Å². The highest BCUT2D eigenvalue weighted by Gasteiger charge is 2.19. The minimum atomic E-state index is -0.178. The second kappa shape index (κ2) is 8.18. The van der Waals surface area contributed by atoms with Crippen LogP contribution in [0.2, 0.25) is 0 Å². The first-order valence-corrected chi connectivity index (χ1v) is 8.07. The summed E-state index contributed by atoms with van der Waals surface area (Å²) in [6.07, 6.45) is 7.18. The summed E-state index contributed by atoms with van der Waals surface area (Å²) < 4.78 is 4.77. The van der Waals surface area contributed by atoms with Crippen LogP contribution in [0.5, 0.6) is 0 Å². The molecular weight excluding hydrogens is 262 g/mol. The molecular formula is C18H27NO2. The van der Waals surface area contributed by atoms with Gasteiger partial charge in [0.1, 0.15) is 0 Å². The van der Waals surface area contributed by atoms with Crippen LogP contribution in [0.4, 0.5) is 0 Å². The van der Waals surface area contributed by atoms with Crippen molar-refractivity contribution >= 4 is 5.97 Å². The van der Waals surface area contributed by atoms with E-state index in [0.717, 1.165) is 18.0 Å². The third kappa shape index (κ3) is 4.85. The molecule has 0 bridgehead atoms. The van der Waals surface area contributed by atoms with Crippen LogP contribution in [0.1, 0.15) is 50.2 Å². The van der Waals surface area contributed by atoms with Gasteiger partial charge < -0.3 is 10.1 Å². The molecule has 0 aromatic heterocycles. The number of hydrogen-bond acceptors (Lipinski definition) is 3. The minimum Gasteiger partial charge on any atom is -0.469 e. The van der Waals surface area contributed by atoms with E-state index in [9.17, 15) is 4.79 Å². The topological polar surface area (TPSA) is 38.3 Å². The van der Waals surface area contributed by atoms with Crippen molar-refractivity contribution in [2.45, 2.75) is 58.0 Å². The molecule has 3 nitrogen and oxygen atoms in total. The van der Waals surface area contributed by atoms with Crippen molar-refractivity contribution < 1.29 is 9.53 Å². The van der Waals surface area contributed by atoms with Gasteiger partial charge in [0.15, 0.2) is 0 Å². The van der Waals surface area contributed by atoms with Crippen LogP contribution in [-0.2, 0) is 22.5 Å². The Bertz CT molecular complexity index is 452. The van der Waals surface area contributed by atoms with Crippen molar-refractivity contribution in [2.75, 3.05) is 7.11 Å². The Morgan fingerprint density at radius 3 is 2.57 bits per heavy atom. The van der Waals surface area contributed by atoms with Crippen LogP contribution in [0.15, 0.2) is 24.3 Å². The van der Waals surface area contributed by atoms with Gasteiger partial charge in [0, 0.05) is 12.6 Å². The smallest absolute Gasteiger partial charge is 0.309 e. The molecule has 0 saturated heterocycles. The monoisotopic (exact) mass is 289 g/mol. The van der Waals surface area contributed by atoms with E-state index in [2.05, 4.69) is 18.3 Å². The van der Waals surface area contributed by atoms with Crippen LogP contribution >= 0.6 is 0 Å². The fourth-order valence-electron chi connectivity index (χ4n) is 3.20. The van der Waals surface area contributed by atoms with E-state index in [0.29, 0.717) is 12.5 Å². The van der Waals surface area contributed by atoms with E-state index in [-0.39, 0.29) is 5.97 Å². The van der Waals surface area contributed by atoms with Crippen LogP contribution in [-0.4, -0.2) is 19.1 Å². The lowest BCUT2D eigenvalue weighted by atomic mass is 9.84. The number of nitrogens with one attached hydrogen (secondary N) is 1. The highest BCUT2D eigenvalue weighted by Crippen LogP contribution is 2.26. The lowest BCUT2D eigenvalue weighted by Crippen LogP contribution is -2.34. The van der Waals surface area contributed by atoms with Gasteiger partial charge in [0.25, 0.3) is 0 Å². The highest BCUT2D eigenvalue weighted by molar-refractivity contribution is 5.72. The maximum Gasteiger partial charge on any atom is 0.309 e. The number of ether oxygens (including phenoxy) is 1. The third-order valence-electron chi connectivity index (χ3n) is 4.65. The molecule has 0 amide bonds. The molecule has 0 spiro atoms. The summed E-state index contributed by atoms with van der Waals surface area (Å²) >= 11 is 0. The summed E-state index contributed by atoms with van der Waals surface area (Å²) in [5.41, 5.74) is 2.26. The molecule has 0 aliphatic heterocycles. The third-order valence-corrected chi connectivity index (χ3v) is 4.65. The molecule has 1 N–H and O–H groups in total. The first-order chi connectivity index (χ1) is 10.2. The molecule has 1 aliphatic carbocycles. The van der Waals surface area contributed by atoms with Gasteiger partial charge in [-0.05, 0) is 36.8 Å². The largest absolute Gasteiger partial charge is 0.469 e. The number of carbonyl (C=O) groups excluding carboxylic acids is 1. The molecule has 1 fully saturated rings. The lowest BCUT2D eigenvalue weighted by molar-refractivity contribution is -0.139. The van der Waals surface area contributed by atoms with Gasteiger partial charge in [-0.2, -0.15) is 0 Å². The summed E-state index contributed by atoms with van der Waals surface area (Å²) in [5.74, 6) is 0.620. The summed E-state index contributed by atoms with van der Waals surface area (Å²) in [4.78, 5) is 11.5. The van der Waals surface area contributed by atoms with Gasteiger partial charge in [0.2, 0.25) is 0 Å². The normalized spacial score (nSPS) is 17.4. The van der Waals surface area contributed by atoms with Crippen LogP contribution in [0, 0.1) is 5.92 Å². The predicted octanol–water partition coefficient (Wildman–Crippen LogP) is 3.46. The van der Waals surface area contributed by atoms with E-state index in [4.69, 9.17) is 4.74 Å². The zero-order valence-corrected chi connectivity index (χ0v) is 13.2. The Morgan fingerprint density at radius 2 is 1.90 bits per heavy atom. The van der Waals surface area contributed by atoms with E-state index < -0.39 is 0 Å². The summed E-state index contributed by atoms with van der Waals surface area (Å²) in [6, 6.07) is 8.66. The second-order valence-corrected chi connectivity index (χ2v) is 6.09. The molecule has 0 radical (unpaired) electrons. The first kappa shape index (κ1) is 16.0. The average molecular weight is 289 g/mol. The summed E-state index contributed by atoms with van der Waals surface area (Å²) in [5, 5.41) is 3.65. The molecule has 3 heteroatoms. The summed E-state index contributed by atoms with van der Waals surface area (Å²) in [6.45, 7) is 3.11. The SMILES string of the molecule is COC(=O)Cc1ccccc1CNC(C)C1CCCCC1. The van der Waals surface area contributed by atoms with Crippen LogP contribution in [0.3, 0.4) is 0 Å². The second-order valence-electron chi connectivity index (χ2n) is 6.09. The van der Waals surface area contributed by atoms with Crippen LogP contribution in [0.25, 0.3) is 0 Å². The Balaban J connectivity index is 1.91. The molecule has 1 saturated carbocycles. The predicted molar refractivity (Wildman–Crippen MR) is 85.0 cm³/mol. The Labute approximate surface area is 128 Å². The Morgan fingerprint density at radius 1 is 1.24 bits per heavy atom. The van der Waals surface area contributed by atoms with Gasteiger partial charge in [0.05, 0.1) is 13.5 Å². The zero-order valence-electron chi connectivity index (χ0n) is 13.2. The highest BCUT2D eigenvalue weighted by atomic mass is 16.5. The lowest BCUT2D eigenvalue weighted by Gasteiger charge is -2.28.